The number of benzene rings is 1. The SMILES string of the molecule is O=C(c1ccc(F)c(F)c1)N1CCC(C2CCCN2)CC1. The zero-order valence-electron chi connectivity index (χ0n) is 11.9. The van der Waals surface area contributed by atoms with E-state index in [1.807, 2.05) is 0 Å². The van der Waals surface area contributed by atoms with Crippen molar-refractivity contribution in [1.82, 2.24) is 10.2 Å². The Hall–Kier alpha value is -1.49. The van der Waals surface area contributed by atoms with Gasteiger partial charge in [-0.2, -0.15) is 0 Å². The van der Waals surface area contributed by atoms with Crippen LogP contribution in [0, 0.1) is 17.6 Å². The predicted molar refractivity (Wildman–Crippen MR) is 76.0 cm³/mol. The van der Waals surface area contributed by atoms with Crippen LogP contribution in [-0.4, -0.2) is 36.5 Å². The summed E-state index contributed by atoms with van der Waals surface area (Å²) in [5.74, 6) is -1.46. The molecule has 2 saturated heterocycles. The van der Waals surface area contributed by atoms with Crippen LogP contribution in [0.15, 0.2) is 18.2 Å². The standard InChI is InChI=1S/C16H20F2N2O/c17-13-4-3-12(10-14(13)18)16(21)20-8-5-11(6-9-20)15-2-1-7-19-15/h3-4,10-11,15,19H,1-2,5-9H2. The van der Waals surface area contributed by atoms with Gasteiger partial charge in [0.2, 0.25) is 0 Å². The van der Waals surface area contributed by atoms with E-state index in [0.717, 1.165) is 31.5 Å². The van der Waals surface area contributed by atoms with Crippen molar-refractivity contribution in [3.05, 3.63) is 35.4 Å². The fourth-order valence-corrected chi connectivity index (χ4v) is 3.43. The molecule has 0 radical (unpaired) electrons. The number of halogens is 2. The fourth-order valence-electron chi connectivity index (χ4n) is 3.43. The Morgan fingerprint density at radius 2 is 1.90 bits per heavy atom. The molecule has 0 saturated carbocycles. The topological polar surface area (TPSA) is 32.3 Å². The number of likely N-dealkylation sites (tertiary alicyclic amines) is 1. The lowest BCUT2D eigenvalue weighted by Gasteiger charge is -2.35. The summed E-state index contributed by atoms with van der Waals surface area (Å²) in [7, 11) is 0. The second-order valence-corrected chi connectivity index (χ2v) is 5.96. The van der Waals surface area contributed by atoms with E-state index >= 15 is 0 Å². The number of hydrogen-bond acceptors (Lipinski definition) is 2. The number of piperidine rings is 1. The van der Waals surface area contributed by atoms with Crippen molar-refractivity contribution < 1.29 is 13.6 Å². The van der Waals surface area contributed by atoms with Crippen LogP contribution in [0.2, 0.25) is 0 Å². The lowest BCUT2D eigenvalue weighted by atomic mass is 9.88. The molecule has 1 unspecified atom stereocenters. The van der Waals surface area contributed by atoms with Gasteiger partial charge < -0.3 is 10.2 Å². The first-order valence-corrected chi connectivity index (χ1v) is 7.63. The highest BCUT2D eigenvalue weighted by Crippen LogP contribution is 2.26. The van der Waals surface area contributed by atoms with E-state index in [9.17, 15) is 13.6 Å². The molecular weight excluding hydrogens is 274 g/mol. The van der Waals surface area contributed by atoms with Crippen molar-refractivity contribution in [2.75, 3.05) is 19.6 Å². The van der Waals surface area contributed by atoms with Gasteiger partial charge in [0, 0.05) is 24.7 Å². The maximum atomic E-state index is 13.2. The highest BCUT2D eigenvalue weighted by Gasteiger charge is 2.30. The number of nitrogens with zero attached hydrogens (tertiary/aromatic N) is 1. The van der Waals surface area contributed by atoms with Gasteiger partial charge in [-0.3, -0.25) is 4.79 Å². The van der Waals surface area contributed by atoms with Crippen molar-refractivity contribution >= 4 is 5.91 Å². The summed E-state index contributed by atoms with van der Waals surface area (Å²) in [6.45, 7) is 2.49. The van der Waals surface area contributed by atoms with Crippen LogP contribution in [0.3, 0.4) is 0 Å². The molecule has 1 aromatic carbocycles. The first-order chi connectivity index (χ1) is 10.1. The average Bonchev–Trinajstić information content (AvgIpc) is 3.04. The molecule has 2 fully saturated rings. The zero-order valence-corrected chi connectivity index (χ0v) is 11.9. The molecule has 2 aliphatic rings. The number of rotatable bonds is 2. The Bertz CT molecular complexity index is 521. The first kappa shape index (κ1) is 14.4. The minimum Gasteiger partial charge on any atom is -0.339 e. The molecule has 5 heteroatoms. The van der Waals surface area contributed by atoms with Gasteiger partial charge >= 0.3 is 0 Å². The molecule has 0 bridgehead atoms. The molecule has 0 aliphatic carbocycles. The molecule has 21 heavy (non-hydrogen) atoms. The number of hydrogen-bond donors (Lipinski definition) is 1. The molecule has 114 valence electrons. The van der Waals surface area contributed by atoms with Gasteiger partial charge in [-0.15, -0.1) is 0 Å². The number of amides is 1. The Labute approximate surface area is 123 Å². The van der Waals surface area contributed by atoms with Crippen LogP contribution in [0.1, 0.15) is 36.0 Å². The molecule has 1 atom stereocenters. The third kappa shape index (κ3) is 3.07. The molecule has 1 amide bonds. The summed E-state index contributed by atoms with van der Waals surface area (Å²) >= 11 is 0. The lowest BCUT2D eigenvalue weighted by Crippen LogP contribution is -2.43. The van der Waals surface area contributed by atoms with E-state index in [0.29, 0.717) is 25.0 Å². The van der Waals surface area contributed by atoms with E-state index in [4.69, 9.17) is 0 Å². The summed E-state index contributed by atoms with van der Waals surface area (Å²) in [5.41, 5.74) is 0.228. The quantitative estimate of drug-likeness (QED) is 0.909. The van der Waals surface area contributed by atoms with Crippen LogP contribution in [0.4, 0.5) is 8.78 Å². The molecule has 2 heterocycles. The summed E-state index contributed by atoms with van der Waals surface area (Å²) in [6, 6.07) is 3.94. The molecule has 0 spiro atoms. The lowest BCUT2D eigenvalue weighted by molar-refractivity contribution is 0.0674. The van der Waals surface area contributed by atoms with Crippen molar-refractivity contribution in [1.29, 1.82) is 0 Å². The summed E-state index contributed by atoms with van der Waals surface area (Å²) in [5, 5.41) is 3.52. The molecule has 3 nitrogen and oxygen atoms in total. The Balaban J connectivity index is 1.60. The number of carbonyl (C=O) groups excluding carboxylic acids is 1. The van der Waals surface area contributed by atoms with Crippen molar-refractivity contribution in [3.8, 4) is 0 Å². The third-order valence-corrected chi connectivity index (χ3v) is 4.66. The number of nitrogens with one attached hydrogen (secondary N) is 1. The second kappa shape index (κ2) is 6.10. The highest BCUT2D eigenvalue weighted by atomic mass is 19.2. The largest absolute Gasteiger partial charge is 0.339 e. The summed E-state index contributed by atoms with van der Waals surface area (Å²) < 4.78 is 26.1. The summed E-state index contributed by atoms with van der Waals surface area (Å²) in [4.78, 5) is 14.1. The van der Waals surface area contributed by atoms with Gasteiger partial charge in [0.1, 0.15) is 0 Å². The number of carbonyl (C=O) groups is 1. The Morgan fingerprint density at radius 3 is 2.52 bits per heavy atom. The zero-order chi connectivity index (χ0) is 14.8. The third-order valence-electron chi connectivity index (χ3n) is 4.66. The minimum absolute atomic E-state index is 0.202. The smallest absolute Gasteiger partial charge is 0.253 e. The van der Waals surface area contributed by atoms with Gasteiger partial charge in [0.25, 0.3) is 5.91 Å². The van der Waals surface area contributed by atoms with Crippen LogP contribution in [0.5, 0.6) is 0 Å². The maximum Gasteiger partial charge on any atom is 0.253 e. The molecular formula is C16H20F2N2O. The van der Waals surface area contributed by atoms with Crippen molar-refractivity contribution in [2.24, 2.45) is 5.92 Å². The van der Waals surface area contributed by atoms with E-state index in [1.54, 1.807) is 4.90 Å². The van der Waals surface area contributed by atoms with Gasteiger partial charge in [0.05, 0.1) is 0 Å². The van der Waals surface area contributed by atoms with E-state index in [2.05, 4.69) is 5.32 Å². The van der Waals surface area contributed by atoms with E-state index < -0.39 is 11.6 Å². The first-order valence-electron chi connectivity index (χ1n) is 7.63. The fraction of sp³-hybridized carbons (Fsp3) is 0.562. The van der Waals surface area contributed by atoms with Crippen molar-refractivity contribution in [3.63, 3.8) is 0 Å². The van der Waals surface area contributed by atoms with Crippen LogP contribution in [0.25, 0.3) is 0 Å². The van der Waals surface area contributed by atoms with Gasteiger partial charge in [-0.05, 0) is 56.3 Å². The van der Waals surface area contributed by atoms with Gasteiger partial charge in [-0.1, -0.05) is 0 Å². The van der Waals surface area contributed by atoms with Crippen LogP contribution >= 0.6 is 0 Å². The van der Waals surface area contributed by atoms with Crippen molar-refractivity contribution in [2.45, 2.75) is 31.7 Å². The van der Waals surface area contributed by atoms with E-state index in [-0.39, 0.29) is 11.5 Å². The summed E-state index contributed by atoms with van der Waals surface area (Å²) in [6.07, 6.45) is 4.42. The molecule has 0 aromatic heterocycles. The molecule has 3 rings (SSSR count). The minimum atomic E-state index is -0.967. The normalized spacial score (nSPS) is 23.5. The average molecular weight is 294 g/mol. The van der Waals surface area contributed by atoms with Gasteiger partial charge in [0.15, 0.2) is 11.6 Å². The Morgan fingerprint density at radius 1 is 1.14 bits per heavy atom. The monoisotopic (exact) mass is 294 g/mol. The highest BCUT2D eigenvalue weighted by molar-refractivity contribution is 5.94. The molecule has 2 aliphatic heterocycles. The maximum absolute atomic E-state index is 13.2. The predicted octanol–water partition coefficient (Wildman–Crippen LogP) is 2.57. The van der Waals surface area contributed by atoms with Gasteiger partial charge in [-0.25, -0.2) is 8.78 Å². The molecule has 1 aromatic rings. The van der Waals surface area contributed by atoms with Crippen LogP contribution < -0.4 is 5.32 Å². The molecule has 1 N–H and O–H groups in total. The second-order valence-electron chi connectivity index (χ2n) is 5.96. The van der Waals surface area contributed by atoms with E-state index in [1.165, 1.54) is 18.9 Å². The van der Waals surface area contributed by atoms with Crippen LogP contribution in [-0.2, 0) is 0 Å². The Kier molecular flexibility index (Phi) is 4.19.